The van der Waals surface area contributed by atoms with Crippen molar-refractivity contribution >= 4 is 0 Å². The molecule has 0 amide bonds. The lowest BCUT2D eigenvalue weighted by atomic mass is 9.81. The fraction of sp³-hybridized carbons (Fsp3) is 0.923. The van der Waals surface area contributed by atoms with Gasteiger partial charge in [-0.3, -0.25) is 0 Å². The molecule has 0 aromatic heterocycles. The molecule has 2 heteroatoms. The SMILES string of the molecule is CCC1CCC(CNC(C#N)CC)CC1. The fourth-order valence-corrected chi connectivity index (χ4v) is 2.43. The maximum atomic E-state index is 8.82. The van der Waals surface area contributed by atoms with Crippen LogP contribution in [0.3, 0.4) is 0 Å². The van der Waals surface area contributed by atoms with E-state index in [1.54, 1.807) is 0 Å². The van der Waals surface area contributed by atoms with Crippen LogP contribution in [0.2, 0.25) is 0 Å². The van der Waals surface area contributed by atoms with E-state index in [1.165, 1.54) is 32.1 Å². The van der Waals surface area contributed by atoms with E-state index >= 15 is 0 Å². The summed E-state index contributed by atoms with van der Waals surface area (Å²) >= 11 is 0. The zero-order chi connectivity index (χ0) is 11.1. The van der Waals surface area contributed by atoms with E-state index in [9.17, 15) is 0 Å². The Bertz CT molecular complexity index is 199. The van der Waals surface area contributed by atoms with Crippen LogP contribution < -0.4 is 5.32 Å². The predicted molar refractivity (Wildman–Crippen MR) is 63.4 cm³/mol. The zero-order valence-corrected chi connectivity index (χ0v) is 10.1. The molecule has 0 saturated heterocycles. The largest absolute Gasteiger partial charge is 0.302 e. The first-order valence-corrected chi connectivity index (χ1v) is 6.43. The average molecular weight is 208 g/mol. The van der Waals surface area contributed by atoms with Crippen molar-refractivity contribution < 1.29 is 0 Å². The van der Waals surface area contributed by atoms with Crippen LogP contribution in [0.1, 0.15) is 52.4 Å². The lowest BCUT2D eigenvalue weighted by Gasteiger charge is -2.28. The Morgan fingerprint density at radius 3 is 2.27 bits per heavy atom. The van der Waals surface area contributed by atoms with Crippen molar-refractivity contribution in [1.82, 2.24) is 5.32 Å². The molecule has 1 rings (SSSR count). The molecule has 86 valence electrons. The summed E-state index contributed by atoms with van der Waals surface area (Å²) in [5.74, 6) is 1.79. The highest BCUT2D eigenvalue weighted by Gasteiger charge is 2.20. The van der Waals surface area contributed by atoms with E-state index in [0.717, 1.165) is 24.8 Å². The molecule has 1 fully saturated rings. The van der Waals surface area contributed by atoms with Crippen LogP contribution in [0.5, 0.6) is 0 Å². The molecule has 0 spiro atoms. The monoisotopic (exact) mass is 208 g/mol. The van der Waals surface area contributed by atoms with Gasteiger partial charge in [0, 0.05) is 0 Å². The molecule has 0 bridgehead atoms. The van der Waals surface area contributed by atoms with Gasteiger partial charge in [0.25, 0.3) is 0 Å². The van der Waals surface area contributed by atoms with Crippen molar-refractivity contribution in [3.63, 3.8) is 0 Å². The van der Waals surface area contributed by atoms with E-state index in [-0.39, 0.29) is 6.04 Å². The molecule has 1 aliphatic rings. The number of hydrogen-bond acceptors (Lipinski definition) is 2. The third-order valence-electron chi connectivity index (χ3n) is 3.76. The first-order chi connectivity index (χ1) is 7.30. The highest BCUT2D eigenvalue weighted by atomic mass is 14.9. The van der Waals surface area contributed by atoms with Crippen molar-refractivity contribution in [1.29, 1.82) is 5.26 Å². The molecule has 15 heavy (non-hydrogen) atoms. The molecule has 1 aliphatic carbocycles. The van der Waals surface area contributed by atoms with Crippen LogP contribution in [0.4, 0.5) is 0 Å². The normalized spacial score (nSPS) is 28.3. The highest BCUT2D eigenvalue weighted by Crippen LogP contribution is 2.30. The Morgan fingerprint density at radius 2 is 1.80 bits per heavy atom. The number of rotatable bonds is 5. The third-order valence-corrected chi connectivity index (χ3v) is 3.76. The molecule has 0 aromatic rings. The fourth-order valence-electron chi connectivity index (χ4n) is 2.43. The zero-order valence-electron chi connectivity index (χ0n) is 10.1. The summed E-state index contributed by atoms with van der Waals surface area (Å²) in [7, 11) is 0. The average Bonchev–Trinajstić information content (AvgIpc) is 2.31. The summed E-state index contributed by atoms with van der Waals surface area (Å²) in [6.07, 6.45) is 7.76. The van der Waals surface area contributed by atoms with Gasteiger partial charge in [0.05, 0.1) is 12.1 Å². The minimum atomic E-state index is 0.0638. The quantitative estimate of drug-likeness (QED) is 0.753. The van der Waals surface area contributed by atoms with Gasteiger partial charge in [0.1, 0.15) is 0 Å². The van der Waals surface area contributed by atoms with Crippen LogP contribution in [0.25, 0.3) is 0 Å². The second kappa shape index (κ2) is 6.85. The second-order valence-electron chi connectivity index (χ2n) is 4.79. The van der Waals surface area contributed by atoms with Gasteiger partial charge in [-0.15, -0.1) is 0 Å². The van der Waals surface area contributed by atoms with Crippen LogP contribution in [0.15, 0.2) is 0 Å². The van der Waals surface area contributed by atoms with Gasteiger partial charge >= 0.3 is 0 Å². The molecule has 1 atom stereocenters. The standard InChI is InChI=1S/C13H24N2/c1-3-11-5-7-12(8-6-11)10-15-13(4-2)9-14/h11-13,15H,3-8,10H2,1-2H3. The minimum absolute atomic E-state index is 0.0638. The summed E-state index contributed by atoms with van der Waals surface area (Å²) in [5.41, 5.74) is 0. The van der Waals surface area contributed by atoms with Crippen LogP contribution >= 0.6 is 0 Å². The summed E-state index contributed by atoms with van der Waals surface area (Å²) in [6.45, 7) is 5.41. The van der Waals surface area contributed by atoms with Gasteiger partial charge in [0.15, 0.2) is 0 Å². The van der Waals surface area contributed by atoms with Gasteiger partial charge in [0.2, 0.25) is 0 Å². The third kappa shape index (κ3) is 4.22. The maximum absolute atomic E-state index is 8.82. The Kier molecular flexibility index (Phi) is 5.71. The second-order valence-corrected chi connectivity index (χ2v) is 4.79. The predicted octanol–water partition coefficient (Wildman–Crippen LogP) is 3.09. The van der Waals surface area contributed by atoms with E-state index in [4.69, 9.17) is 5.26 Å². The van der Waals surface area contributed by atoms with E-state index in [2.05, 4.69) is 25.2 Å². The van der Waals surface area contributed by atoms with Crippen molar-refractivity contribution in [3.05, 3.63) is 0 Å². The smallest absolute Gasteiger partial charge is 0.0950 e. The van der Waals surface area contributed by atoms with E-state index in [1.807, 2.05) is 0 Å². The Morgan fingerprint density at radius 1 is 1.20 bits per heavy atom. The van der Waals surface area contributed by atoms with Crippen molar-refractivity contribution in [3.8, 4) is 6.07 Å². The first kappa shape index (κ1) is 12.5. The molecule has 1 unspecified atom stereocenters. The van der Waals surface area contributed by atoms with Crippen molar-refractivity contribution in [2.75, 3.05) is 6.54 Å². The van der Waals surface area contributed by atoms with Crippen LogP contribution in [-0.4, -0.2) is 12.6 Å². The van der Waals surface area contributed by atoms with E-state index in [0.29, 0.717) is 0 Å². The Labute approximate surface area is 94.1 Å². The number of hydrogen-bond donors (Lipinski definition) is 1. The maximum Gasteiger partial charge on any atom is 0.0950 e. The molecule has 0 aromatic carbocycles. The topological polar surface area (TPSA) is 35.8 Å². The molecular weight excluding hydrogens is 184 g/mol. The summed E-state index contributed by atoms with van der Waals surface area (Å²) in [5, 5.41) is 12.2. The van der Waals surface area contributed by atoms with Gasteiger partial charge in [-0.05, 0) is 37.6 Å². The molecule has 1 saturated carbocycles. The molecule has 0 heterocycles. The highest BCUT2D eigenvalue weighted by molar-refractivity contribution is 4.89. The Balaban J connectivity index is 2.16. The van der Waals surface area contributed by atoms with Gasteiger partial charge in [-0.25, -0.2) is 0 Å². The number of nitriles is 1. The minimum Gasteiger partial charge on any atom is -0.302 e. The molecular formula is C13H24N2. The Hall–Kier alpha value is -0.550. The van der Waals surface area contributed by atoms with Gasteiger partial charge in [-0.1, -0.05) is 33.1 Å². The first-order valence-electron chi connectivity index (χ1n) is 6.43. The lowest BCUT2D eigenvalue weighted by molar-refractivity contribution is 0.260. The van der Waals surface area contributed by atoms with Crippen molar-refractivity contribution in [2.45, 2.75) is 58.4 Å². The molecule has 0 radical (unpaired) electrons. The summed E-state index contributed by atoms with van der Waals surface area (Å²) in [4.78, 5) is 0. The van der Waals surface area contributed by atoms with Crippen LogP contribution in [0, 0.1) is 23.2 Å². The molecule has 2 nitrogen and oxygen atoms in total. The summed E-state index contributed by atoms with van der Waals surface area (Å²) < 4.78 is 0. The molecule has 0 aliphatic heterocycles. The van der Waals surface area contributed by atoms with E-state index < -0.39 is 0 Å². The van der Waals surface area contributed by atoms with Gasteiger partial charge < -0.3 is 5.32 Å². The number of nitrogens with one attached hydrogen (secondary N) is 1. The van der Waals surface area contributed by atoms with Gasteiger partial charge in [-0.2, -0.15) is 5.26 Å². The van der Waals surface area contributed by atoms with Crippen molar-refractivity contribution in [2.24, 2.45) is 11.8 Å². The summed E-state index contributed by atoms with van der Waals surface area (Å²) in [6, 6.07) is 2.36. The lowest BCUT2D eigenvalue weighted by Crippen LogP contribution is -2.33. The van der Waals surface area contributed by atoms with Crippen LogP contribution in [-0.2, 0) is 0 Å². The number of nitrogens with zero attached hydrogens (tertiary/aromatic N) is 1. The molecule has 1 N–H and O–H groups in total.